The molecule has 68 valence electrons. The highest BCUT2D eigenvalue weighted by molar-refractivity contribution is 7.98. The van der Waals surface area contributed by atoms with Crippen molar-refractivity contribution >= 4 is 29.2 Å². The summed E-state index contributed by atoms with van der Waals surface area (Å²) in [6, 6.07) is 1.52. The minimum Gasteiger partial charge on any atom is -0.384 e. The van der Waals surface area contributed by atoms with Gasteiger partial charge in [0.05, 0.1) is 0 Å². The van der Waals surface area contributed by atoms with Crippen LogP contribution in [-0.4, -0.2) is 16.2 Å². The summed E-state index contributed by atoms with van der Waals surface area (Å²) >= 11 is 6.99. The summed E-state index contributed by atoms with van der Waals surface area (Å²) < 4.78 is 0. The van der Waals surface area contributed by atoms with Gasteiger partial charge in [0, 0.05) is 6.07 Å². The van der Waals surface area contributed by atoms with E-state index in [-0.39, 0.29) is 0 Å². The summed E-state index contributed by atoms with van der Waals surface area (Å²) in [7, 11) is 0. The van der Waals surface area contributed by atoms with E-state index in [1.54, 1.807) is 0 Å². The third-order valence-corrected chi connectivity index (χ3v) is 1.62. The van der Waals surface area contributed by atoms with Crippen molar-refractivity contribution in [3.8, 4) is 0 Å². The Morgan fingerprint density at radius 2 is 2.00 bits per heavy atom. The molecule has 0 bridgehead atoms. The highest BCUT2D eigenvalue weighted by atomic mass is 35.5. The summed E-state index contributed by atoms with van der Waals surface area (Å²) in [6.07, 6.45) is 1.87. The van der Waals surface area contributed by atoms with Crippen molar-refractivity contribution in [1.29, 1.82) is 0 Å². The van der Waals surface area contributed by atoms with Gasteiger partial charge in [-0.1, -0.05) is 37.2 Å². The first-order valence-electron chi connectivity index (χ1n) is 3.56. The van der Waals surface area contributed by atoms with Gasteiger partial charge in [0.1, 0.15) is 11.0 Å². The van der Waals surface area contributed by atoms with Crippen LogP contribution in [0.3, 0.4) is 0 Å². The molecule has 0 atom stereocenters. The Morgan fingerprint density at radius 3 is 2.42 bits per heavy atom. The molecule has 0 aliphatic heterocycles. The van der Waals surface area contributed by atoms with Gasteiger partial charge in [-0.3, -0.25) is 0 Å². The van der Waals surface area contributed by atoms with Crippen LogP contribution < -0.4 is 5.73 Å². The van der Waals surface area contributed by atoms with E-state index in [0.717, 1.165) is 0 Å². The van der Waals surface area contributed by atoms with E-state index in [0.29, 0.717) is 16.1 Å². The van der Waals surface area contributed by atoms with Gasteiger partial charge < -0.3 is 5.73 Å². The van der Waals surface area contributed by atoms with Gasteiger partial charge in [0.2, 0.25) is 0 Å². The van der Waals surface area contributed by atoms with E-state index in [1.807, 2.05) is 20.1 Å². The number of halogens is 1. The molecule has 2 N–H and O–H groups in total. The standard InChI is InChI=1S/C5H6ClN3S.C2H6/c1-10-5-8-3(6)2-4(7)9-5;1-2/h2H,1H3,(H2,7,8,9);1-2H3. The third-order valence-electron chi connectivity index (χ3n) is 0.877. The Hall–Kier alpha value is -0.480. The highest BCUT2D eigenvalue weighted by Gasteiger charge is 1.97. The number of rotatable bonds is 1. The van der Waals surface area contributed by atoms with Gasteiger partial charge >= 0.3 is 0 Å². The first kappa shape index (κ1) is 11.5. The molecule has 1 heterocycles. The van der Waals surface area contributed by atoms with Crippen LogP contribution in [0.5, 0.6) is 0 Å². The monoisotopic (exact) mass is 205 g/mol. The fourth-order valence-corrected chi connectivity index (χ4v) is 1.13. The SMILES string of the molecule is CC.CSc1nc(N)cc(Cl)n1. The molecule has 0 spiro atoms. The molecule has 0 radical (unpaired) electrons. The van der Waals surface area contributed by atoms with Gasteiger partial charge in [-0.05, 0) is 6.26 Å². The van der Waals surface area contributed by atoms with Crippen LogP contribution >= 0.6 is 23.4 Å². The van der Waals surface area contributed by atoms with Crippen molar-refractivity contribution in [2.45, 2.75) is 19.0 Å². The molecular formula is C7H12ClN3S. The summed E-state index contributed by atoms with van der Waals surface area (Å²) in [6.45, 7) is 4.00. The largest absolute Gasteiger partial charge is 0.384 e. The summed E-state index contributed by atoms with van der Waals surface area (Å²) in [5, 5.41) is 0.988. The number of thioether (sulfide) groups is 1. The number of nitrogens with two attached hydrogens (primary N) is 1. The van der Waals surface area contributed by atoms with Gasteiger partial charge in [-0.15, -0.1) is 0 Å². The molecule has 0 aromatic carbocycles. The molecule has 1 aromatic rings. The minimum absolute atomic E-state index is 0.386. The lowest BCUT2D eigenvalue weighted by Crippen LogP contribution is -1.93. The molecule has 0 aliphatic rings. The van der Waals surface area contributed by atoms with Crippen molar-refractivity contribution in [2.75, 3.05) is 12.0 Å². The molecule has 12 heavy (non-hydrogen) atoms. The second-order valence-electron chi connectivity index (χ2n) is 1.60. The van der Waals surface area contributed by atoms with Crippen molar-refractivity contribution in [2.24, 2.45) is 0 Å². The summed E-state index contributed by atoms with van der Waals surface area (Å²) in [4.78, 5) is 7.79. The number of hydrogen-bond donors (Lipinski definition) is 1. The number of anilines is 1. The first-order valence-corrected chi connectivity index (χ1v) is 5.16. The lowest BCUT2D eigenvalue weighted by molar-refractivity contribution is 0.980. The predicted molar refractivity (Wildman–Crippen MR) is 54.6 cm³/mol. The smallest absolute Gasteiger partial charge is 0.190 e. The molecule has 0 amide bonds. The molecule has 3 nitrogen and oxygen atoms in total. The fourth-order valence-electron chi connectivity index (χ4n) is 0.505. The van der Waals surface area contributed by atoms with Gasteiger partial charge in [-0.2, -0.15) is 0 Å². The predicted octanol–water partition coefficient (Wildman–Crippen LogP) is 2.46. The summed E-state index contributed by atoms with van der Waals surface area (Å²) in [5.41, 5.74) is 5.39. The van der Waals surface area contributed by atoms with Crippen molar-refractivity contribution in [1.82, 2.24) is 9.97 Å². The zero-order valence-electron chi connectivity index (χ0n) is 7.34. The van der Waals surface area contributed by atoms with Crippen LogP contribution in [0.2, 0.25) is 5.15 Å². The second-order valence-corrected chi connectivity index (χ2v) is 2.76. The van der Waals surface area contributed by atoms with E-state index >= 15 is 0 Å². The molecule has 1 aromatic heterocycles. The Morgan fingerprint density at radius 1 is 1.42 bits per heavy atom. The molecule has 0 aliphatic carbocycles. The Labute approximate surface area is 81.7 Å². The van der Waals surface area contributed by atoms with Crippen molar-refractivity contribution in [3.63, 3.8) is 0 Å². The topological polar surface area (TPSA) is 51.8 Å². The molecule has 1 rings (SSSR count). The molecular weight excluding hydrogens is 194 g/mol. The third kappa shape index (κ3) is 3.78. The fraction of sp³-hybridized carbons (Fsp3) is 0.429. The van der Waals surface area contributed by atoms with Crippen molar-refractivity contribution < 1.29 is 0 Å². The van der Waals surface area contributed by atoms with Crippen LogP contribution in [0.25, 0.3) is 0 Å². The number of nitrogen functional groups attached to an aromatic ring is 1. The maximum Gasteiger partial charge on any atom is 0.190 e. The highest BCUT2D eigenvalue weighted by Crippen LogP contribution is 2.14. The molecule has 0 saturated carbocycles. The second kappa shape index (κ2) is 6.08. The first-order chi connectivity index (χ1) is 5.72. The molecule has 0 saturated heterocycles. The van der Waals surface area contributed by atoms with E-state index in [1.165, 1.54) is 17.8 Å². The zero-order valence-corrected chi connectivity index (χ0v) is 8.91. The molecule has 5 heteroatoms. The van der Waals surface area contributed by atoms with E-state index in [2.05, 4.69) is 9.97 Å². The van der Waals surface area contributed by atoms with E-state index in [4.69, 9.17) is 17.3 Å². The number of hydrogen-bond acceptors (Lipinski definition) is 4. The lowest BCUT2D eigenvalue weighted by Gasteiger charge is -1.96. The molecule has 0 fully saturated rings. The normalized spacial score (nSPS) is 8.67. The van der Waals surface area contributed by atoms with E-state index in [9.17, 15) is 0 Å². The van der Waals surface area contributed by atoms with E-state index < -0.39 is 0 Å². The average molecular weight is 206 g/mol. The van der Waals surface area contributed by atoms with Gasteiger partial charge in [0.15, 0.2) is 5.16 Å². The van der Waals surface area contributed by atoms with Gasteiger partial charge in [0.25, 0.3) is 0 Å². The Balaban J connectivity index is 0.000000561. The lowest BCUT2D eigenvalue weighted by atomic mass is 10.6. The summed E-state index contributed by atoms with van der Waals surface area (Å²) in [5.74, 6) is 0.407. The maximum atomic E-state index is 5.58. The van der Waals surface area contributed by atoms with Gasteiger partial charge in [-0.25, -0.2) is 9.97 Å². The van der Waals surface area contributed by atoms with Crippen LogP contribution in [0.4, 0.5) is 5.82 Å². The quantitative estimate of drug-likeness (QED) is 0.435. The zero-order chi connectivity index (χ0) is 9.56. The minimum atomic E-state index is 0.386. The Bertz CT molecular complexity index is 222. The van der Waals surface area contributed by atoms with Crippen LogP contribution in [0, 0.1) is 0 Å². The maximum absolute atomic E-state index is 5.58. The molecule has 0 unspecified atom stereocenters. The van der Waals surface area contributed by atoms with Crippen molar-refractivity contribution in [3.05, 3.63) is 11.2 Å². The Kier molecular flexibility index (Phi) is 5.84. The van der Waals surface area contributed by atoms with Crippen LogP contribution in [0.15, 0.2) is 11.2 Å². The number of nitrogens with zero attached hydrogens (tertiary/aromatic N) is 2. The van der Waals surface area contributed by atoms with Crippen LogP contribution in [0.1, 0.15) is 13.8 Å². The number of aromatic nitrogens is 2. The van der Waals surface area contributed by atoms with Crippen LogP contribution in [-0.2, 0) is 0 Å². The average Bonchev–Trinajstić information content (AvgIpc) is 2.06.